The Morgan fingerprint density at radius 1 is 1.47 bits per heavy atom. The number of aryl methyl sites for hydroxylation is 1. The topological polar surface area (TPSA) is 47.3 Å². The molecule has 0 saturated heterocycles. The van der Waals surface area contributed by atoms with Crippen LogP contribution in [0.4, 0.5) is 0 Å². The van der Waals surface area contributed by atoms with Gasteiger partial charge in [-0.25, -0.2) is 0 Å². The van der Waals surface area contributed by atoms with E-state index in [0.717, 1.165) is 0 Å². The number of methoxy groups -OCH3 is 1. The Morgan fingerprint density at radius 2 is 2.13 bits per heavy atom. The minimum absolute atomic E-state index is 0.0706. The van der Waals surface area contributed by atoms with Crippen LogP contribution in [-0.4, -0.2) is 13.2 Å². The highest BCUT2D eigenvalue weighted by Gasteiger charge is 2.26. The molecule has 1 rings (SSSR count). The van der Waals surface area contributed by atoms with E-state index in [9.17, 15) is 0 Å². The van der Waals surface area contributed by atoms with Gasteiger partial charge in [-0.15, -0.1) is 11.3 Å². The second-order valence-electron chi connectivity index (χ2n) is 4.02. The predicted molar refractivity (Wildman–Crippen MR) is 64.8 cm³/mol. The van der Waals surface area contributed by atoms with Gasteiger partial charge in [0, 0.05) is 12.0 Å². The molecule has 2 atom stereocenters. The minimum Gasteiger partial charge on any atom is -0.379 e. The van der Waals surface area contributed by atoms with Gasteiger partial charge >= 0.3 is 0 Å². The van der Waals surface area contributed by atoms with Crippen LogP contribution in [0.1, 0.15) is 30.3 Å². The van der Waals surface area contributed by atoms with Crippen molar-refractivity contribution in [3.8, 4) is 0 Å². The molecule has 0 aromatic carbocycles. The van der Waals surface area contributed by atoms with Gasteiger partial charge in [-0.2, -0.15) is 0 Å². The fourth-order valence-corrected chi connectivity index (χ4v) is 2.62. The Morgan fingerprint density at radius 3 is 2.47 bits per heavy atom. The van der Waals surface area contributed by atoms with Crippen LogP contribution in [0.2, 0.25) is 0 Å². The quantitative estimate of drug-likeness (QED) is 0.600. The Kier molecular flexibility index (Phi) is 4.73. The normalized spacial score (nSPS) is 15.6. The Hall–Kier alpha value is -0.420. The summed E-state index contributed by atoms with van der Waals surface area (Å²) in [6, 6.07) is 2.18. The summed E-state index contributed by atoms with van der Waals surface area (Å²) < 4.78 is 5.51. The molecule has 2 unspecified atom stereocenters. The first-order valence-electron chi connectivity index (χ1n) is 5.14. The van der Waals surface area contributed by atoms with Gasteiger partial charge in [0.15, 0.2) is 0 Å². The molecule has 0 aliphatic rings. The van der Waals surface area contributed by atoms with Crippen molar-refractivity contribution in [3.05, 3.63) is 21.9 Å². The van der Waals surface area contributed by atoms with Crippen molar-refractivity contribution in [1.29, 1.82) is 0 Å². The van der Waals surface area contributed by atoms with E-state index in [2.05, 4.69) is 37.6 Å². The van der Waals surface area contributed by atoms with Crippen molar-refractivity contribution in [1.82, 2.24) is 5.43 Å². The maximum absolute atomic E-state index is 5.62. The van der Waals surface area contributed by atoms with Crippen LogP contribution in [0.5, 0.6) is 0 Å². The molecular weight excluding hydrogens is 208 g/mol. The first-order valence-corrected chi connectivity index (χ1v) is 6.02. The third-order valence-electron chi connectivity index (χ3n) is 2.67. The van der Waals surface area contributed by atoms with E-state index >= 15 is 0 Å². The standard InChI is InChI=1S/C11H20N2OS/c1-7(2)11(14-4)10(13-12)9-5-6-15-8(9)3/h5-7,10-11,13H,12H2,1-4H3. The van der Waals surface area contributed by atoms with Gasteiger partial charge in [0.1, 0.15) is 0 Å². The fraction of sp³-hybridized carbons (Fsp3) is 0.636. The zero-order valence-electron chi connectivity index (χ0n) is 9.78. The number of nitrogens with two attached hydrogens (primary N) is 1. The average Bonchev–Trinajstić information content (AvgIpc) is 2.60. The zero-order valence-corrected chi connectivity index (χ0v) is 10.6. The molecule has 1 aromatic rings. The number of hydrazine groups is 1. The highest BCUT2D eigenvalue weighted by Crippen LogP contribution is 2.28. The van der Waals surface area contributed by atoms with Crippen molar-refractivity contribution in [2.24, 2.45) is 11.8 Å². The summed E-state index contributed by atoms with van der Waals surface area (Å²) in [6.07, 6.45) is 0.100. The van der Waals surface area contributed by atoms with E-state index in [1.54, 1.807) is 18.4 Å². The van der Waals surface area contributed by atoms with Gasteiger partial charge < -0.3 is 4.74 Å². The molecule has 3 N–H and O–H groups in total. The van der Waals surface area contributed by atoms with E-state index in [1.807, 2.05) is 0 Å². The van der Waals surface area contributed by atoms with E-state index in [0.29, 0.717) is 5.92 Å². The number of rotatable bonds is 5. The molecule has 0 radical (unpaired) electrons. The molecule has 0 saturated carbocycles. The zero-order chi connectivity index (χ0) is 11.4. The van der Waals surface area contributed by atoms with E-state index in [4.69, 9.17) is 10.6 Å². The van der Waals surface area contributed by atoms with Crippen LogP contribution < -0.4 is 11.3 Å². The van der Waals surface area contributed by atoms with Crippen LogP contribution in [0.25, 0.3) is 0 Å². The summed E-state index contributed by atoms with van der Waals surface area (Å²) in [5, 5.41) is 2.09. The van der Waals surface area contributed by atoms with E-state index < -0.39 is 0 Å². The van der Waals surface area contributed by atoms with Gasteiger partial charge in [-0.1, -0.05) is 13.8 Å². The van der Waals surface area contributed by atoms with Gasteiger partial charge in [-0.3, -0.25) is 11.3 Å². The molecule has 0 amide bonds. The van der Waals surface area contributed by atoms with Crippen molar-refractivity contribution in [2.75, 3.05) is 7.11 Å². The summed E-state index contributed by atoms with van der Waals surface area (Å²) in [6.45, 7) is 6.39. The molecule has 0 fully saturated rings. The molecule has 15 heavy (non-hydrogen) atoms. The summed E-state index contributed by atoms with van der Waals surface area (Å²) in [7, 11) is 1.73. The Balaban J connectivity index is 2.92. The van der Waals surface area contributed by atoms with Crippen molar-refractivity contribution >= 4 is 11.3 Å². The Bertz CT molecular complexity index is 299. The van der Waals surface area contributed by atoms with Gasteiger partial charge in [0.05, 0.1) is 12.1 Å². The second-order valence-corrected chi connectivity index (χ2v) is 5.14. The lowest BCUT2D eigenvalue weighted by Crippen LogP contribution is -2.40. The minimum atomic E-state index is 0.0706. The number of thiophene rings is 1. The highest BCUT2D eigenvalue weighted by atomic mass is 32.1. The number of hydrogen-bond acceptors (Lipinski definition) is 4. The molecule has 3 nitrogen and oxygen atoms in total. The summed E-state index contributed by atoms with van der Waals surface area (Å²) >= 11 is 1.74. The summed E-state index contributed by atoms with van der Waals surface area (Å²) in [4.78, 5) is 1.29. The van der Waals surface area contributed by atoms with Gasteiger partial charge in [0.2, 0.25) is 0 Å². The van der Waals surface area contributed by atoms with Crippen LogP contribution in [-0.2, 0) is 4.74 Å². The lowest BCUT2D eigenvalue weighted by atomic mass is 9.94. The molecule has 4 heteroatoms. The lowest BCUT2D eigenvalue weighted by molar-refractivity contribution is 0.0326. The van der Waals surface area contributed by atoms with Crippen LogP contribution in [0.15, 0.2) is 11.4 Å². The third-order valence-corrected chi connectivity index (χ3v) is 3.53. The summed E-state index contributed by atoms with van der Waals surface area (Å²) in [5.41, 5.74) is 4.10. The van der Waals surface area contributed by atoms with Crippen molar-refractivity contribution in [2.45, 2.75) is 32.9 Å². The molecule has 86 valence electrons. The fourth-order valence-electron chi connectivity index (χ4n) is 1.87. The molecule has 0 spiro atoms. The molecular formula is C11H20N2OS. The first kappa shape index (κ1) is 12.6. The van der Waals surface area contributed by atoms with Crippen LogP contribution >= 0.6 is 11.3 Å². The van der Waals surface area contributed by atoms with E-state index in [1.165, 1.54) is 10.4 Å². The maximum Gasteiger partial charge on any atom is 0.0802 e. The lowest BCUT2D eigenvalue weighted by Gasteiger charge is -2.28. The highest BCUT2D eigenvalue weighted by molar-refractivity contribution is 7.10. The number of hydrogen-bond donors (Lipinski definition) is 2. The van der Waals surface area contributed by atoms with Crippen LogP contribution in [0, 0.1) is 12.8 Å². The SMILES string of the molecule is COC(C(C)C)C(NN)c1ccsc1C. The summed E-state index contributed by atoms with van der Waals surface area (Å²) in [5.74, 6) is 6.05. The molecule has 0 bridgehead atoms. The molecule has 1 heterocycles. The van der Waals surface area contributed by atoms with Gasteiger partial charge in [0.25, 0.3) is 0 Å². The van der Waals surface area contributed by atoms with Crippen LogP contribution in [0.3, 0.4) is 0 Å². The van der Waals surface area contributed by atoms with Crippen molar-refractivity contribution < 1.29 is 4.74 Å². The number of nitrogens with one attached hydrogen (secondary N) is 1. The first-order chi connectivity index (χ1) is 7.11. The van der Waals surface area contributed by atoms with Gasteiger partial charge in [-0.05, 0) is 29.9 Å². The largest absolute Gasteiger partial charge is 0.379 e. The predicted octanol–water partition coefficient (Wildman–Crippen LogP) is 2.23. The average molecular weight is 228 g/mol. The maximum atomic E-state index is 5.62. The molecule has 0 aliphatic heterocycles. The Labute approximate surface area is 95.6 Å². The number of ether oxygens (including phenoxy) is 1. The third kappa shape index (κ3) is 2.78. The monoisotopic (exact) mass is 228 g/mol. The molecule has 1 aromatic heterocycles. The van der Waals surface area contributed by atoms with Crippen molar-refractivity contribution in [3.63, 3.8) is 0 Å². The van der Waals surface area contributed by atoms with E-state index in [-0.39, 0.29) is 12.1 Å². The second kappa shape index (κ2) is 5.61. The smallest absolute Gasteiger partial charge is 0.0802 e. The molecule has 0 aliphatic carbocycles.